The molecule has 7 heteroatoms. The maximum absolute atomic E-state index is 12.4. The molecule has 0 bridgehead atoms. The van der Waals surface area contributed by atoms with Crippen molar-refractivity contribution in [3.63, 3.8) is 0 Å². The van der Waals surface area contributed by atoms with Crippen LogP contribution >= 0.6 is 11.6 Å². The molecule has 0 aromatic carbocycles. The topological polar surface area (TPSA) is 62.3 Å². The number of nitrogens with zero attached hydrogens (tertiary/aromatic N) is 2. The second kappa shape index (κ2) is 5.88. The fraction of sp³-hybridized carbons (Fsp3) is 0.417. The van der Waals surface area contributed by atoms with Crippen molar-refractivity contribution < 1.29 is 8.42 Å². The largest absolute Gasteiger partial charge is 0.301 e. The van der Waals surface area contributed by atoms with Gasteiger partial charge in [0.2, 0.25) is 10.0 Å². The molecule has 1 aliphatic rings. The van der Waals surface area contributed by atoms with Crippen molar-refractivity contribution >= 4 is 21.6 Å². The van der Waals surface area contributed by atoms with Gasteiger partial charge in [0.1, 0.15) is 10.0 Å². The Hall–Kier alpha value is -1.13. The quantitative estimate of drug-likeness (QED) is 0.646. The number of nitrogens with one attached hydrogen (secondary N) is 1. The van der Waals surface area contributed by atoms with Gasteiger partial charge in [0.15, 0.2) is 0 Å². The lowest BCUT2D eigenvalue weighted by Gasteiger charge is -2.30. The molecular weight excluding hydrogens is 286 g/mol. The Morgan fingerprint density at radius 1 is 1.53 bits per heavy atom. The smallest absolute Gasteiger partial charge is 0.244 e. The van der Waals surface area contributed by atoms with Gasteiger partial charge in [-0.3, -0.25) is 0 Å². The van der Waals surface area contributed by atoms with Crippen molar-refractivity contribution in [2.45, 2.75) is 17.9 Å². The van der Waals surface area contributed by atoms with E-state index in [-0.39, 0.29) is 16.1 Å². The third-order valence-corrected chi connectivity index (χ3v) is 4.87. The third-order valence-electron chi connectivity index (χ3n) is 2.79. The molecule has 1 atom stereocenters. The van der Waals surface area contributed by atoms with Gasteiger partial charge in [-0.1, -0.05) is 17.5 Å². The lowest BCUT2D eigenvalue weighted by molar-refractivity contribution is 0.331. The van der Waals surface area contributed by atoms with E-state index in [4.69, 9.17) is 11.6 Å². The number of hydrogen-bond donors (Lipinski definition) is 1. The molecule has 0 spiro atoms. The Kier molecular flexibility index (Phi) is 4.42. The zero-order valence-electron chi connectivity index (χ0n) is 10.4. The minimum Gasteiger partial charge on any atom is -0.301 e. The van der Waals surface area contributed by atoms with Gasteiger partial charge in [0.25, 0.3) is 0 Å². The summed E-state index contributed by atoms with van der Waals surface area (Å²) in [5.74, 6) is 5.74. The van der Waals surface area contributed by atoms with Gasteiger partial charge >= 0.3 is 0 Å². The van der Waals surface area contributed by atoms with Crippen LogP contribution in [0.15, 0.2) is 23.2 Å². The van der Waals surface area contributed by atoms with E-state index in [0.29, 0.717) is 19.6 Å². The zero-order chi connectivity index (χ0) is 13.9. The Morgan fingerprint density at radius 2 is 2.32 bits per heavy atom. The second-order valence-electron chi connectivity index (χ2n) is 4.08. The number of sulfonamides is 1. The average molecular weight is 300 g/mol. The van der Waals surface area contributed by atoms with Crippen LogP contribution in [0.1, 0.15) is 6.92 Å². The molecule has 19 heavy (non-hydrogen) atoms. The molecule has 1 fully saturated rings. The molecule has 1 aromatic rings. The Bertz CT molecular complexity index is 604. The SMILES string of the molecule is CC#C[C@H]1CN(S(=O)(=O)c2ccc(Cl)nc2)CCN1. The summed E-state index contributed by atoms with van der Waals surface area (Å²) < 4.78 is 26.3. The van der Waals surface area contributed by atoms with Crippen LogP contribution in [0, 0.1) is 11.8 Å². The summed E-state index contributed by atoms with van der Waals surface area (Å²) >= 11 is 5.66. The van der Waals surface area contributed by atoms with Crippen LogP contribution in [0.3, 0.4) is 0 Å². The van der Waals surface area contributed by atoms with Crippen LogP contribution in [0.5, 0.6) is 0 Å². The Balaban J connectivity index is 2.23. The van der Waals surface area contributed by atoms with Crippen LogP contribution in [-0.2, 0) is 10.0 Å². The van der Waals surface area contributed by atoms with E-state index in [2.05, 4.69) is 22.1 Å². The number of aromatic nitrogens is 1. The second-order valence-corrected chi connectivity index (χ2v) is 6.41. The molecule has 0 amide bonds. The lowest BCUT2D eigenvalue weighted by Crippen LogP contribution is -2.51. The van der Waals surface area contributed by atoms with E-state index in [9.17, 15) is 8.42 Å². The fourth-order valence-corrected chi connectivity index (χ4v) is 3.39. The maximum Gasteiger partial charge on any atom is 0.244 e. The summed E-state index contributed by atoms with van der Waals surface area (Å²) in [5, 5.41) is 3.44. The third kappa shape index (κ3) is 3.25. The lowest BCUT2D eigenvalue weighted by atomic mass is 10.2. The number of hydrogen-bond acceptors (Lipinski definition) is 4. The number of rotatable bonds is 2. The molecule has 0 radical (unpaired) electrons. The van der Waals surface area contributed by atoms with Crippen molar-refractivity contribution in [1.82, 2.24) is 14.6 Å². The predicted molar refractivity (Wildman–Crippen MR) is 73.2 cm³/mol. The van der Waals surface area contributed by atoms with E-state index in [1.807, 2.05) is 0 Å². The molecule has 102 valence electrons. The molecule has 0 saturated carbocycles. The van der Waals surface area contributed by atoms with Gasteiger partial charge in [-0.2, -0.15) is 4.31 Å². The standard InChI is InChI=1S/C12H14ClN3O2S/c1-2-3-10-9-16(7-6-14-10)19(17,18)11-4-5-12(13)15-8-11/h4-5,8,10,14H,6-7,9H2,1H3/t10-/m0/s1. The van der Waals surface area contributed by atoms with Crippen LogP contribution in [0.2, 0.25) is 5.15 Å². The Morgan fingerprint density at radius 3 is 2.95 bits per heavy atom. The van der Waals surface area contributed by atoms with Crippen LogP contribution in [-0.4, -0.2) is 43.4 Å². The highest BCUT2D eigenvalue weighted by Crippen LogP contribution is 2.17. The summed E-state index contributed by atoms with van der Waals surface area (Å²) in [7, 11) is -3.53. The minimum absolute atomic E-state index is 0.131. The average Bonchev–Trinajstić information content (AvgIpc) is 2.40. The molecule has 1 aromatic heterocycles. The van der Waals surface area contributed by atoms with Crippen molar-refractivity contribution in [2.24, 2.45) is 0 Å². The summed E-state index contributed by atoms with van der Waals surface area (Å²) in [6.07, 6.45) is 1.28. The van der Waals surface area contributed by atoms with Gasteiger partial charge < -0.3 is 5.32 Å². The highest BCUT2D eigenvalue weighted by atomic mass is 35.5. The van der Waals surface area contributed by atoms with E-state index in [1.165, 1.54) is 22.6 Å². The van der Waals surface area contributed by atoms with Crippen LogP contribution in [0.4, 0.5) is 0 Å². The predicted octanol–water partition coefficient (Wildman–Crippen LogP) is 0.721. The first kappa shape index (κ1) is 14.3. The number of pyridine rings is 1. The Labute approximate surface area is 118 Å². The normalized spacial score (nSPS) is 20.6. The molecule has 1 aliphatic heterocycles. The molecule has 2 heterocycles. The minimum atomic E-state index is -3.53. The maximum atomic E-state index is 12.4. The van der Waals surface area contributed by atoms with Crippen molar-refractivity contribution in [3.05, 3.63) is 23.5 Å². The number of halogens is 1. The van der Waals surface area contributed by atoms with Gasteiger partial charge in [0, 0.05) is 25.8 Å². The highest BCUT2D eigenvalue weighted by Gasteiger charge is 2.29. The van der Waals surface area contributed by atoms with E-state index < -0.39 is 10.0 Å². The zero-order valence-corrected chi connectivity index (χ0v) is 12.0. The first-order chi connectivity index (χ1) is 9.04. The molecular formula is C12H14ClN3O2S. The highest BCUT2D eigenvalue weighted by molar-refractivity contribution is 7.89. The fourth-order valence-electron chi connectivity index (χ4n) is 1.88. The van der Waals surface area contributed by atoms with Gasteiger partial charge in [-0.15, -0.1) is 5.92 Å². The molecule has 1 N–H and O–H groups in total. The van der Waals surface area contributed by atoms with Crippen molar-refractivity contribution in [3.8, 4) is 11.8 Å². The molecule has 1 saturated heterocycles. The van der Waals surface area contributed by atoms with Crippen LogP contribution < -0.4 is 5.32 Å². The van der Waals surface area contributed by atoms with Gasteiger partial charge in [-0.05, 0) is 19.1 Å². The molecule has 0 aliphatic carbocycles. The summed E-state index contributed by atoms with van der Waals surface area (Å²) in [6.45, 7) is 3.08. The van der Waals surface area contributed by atoms with Gasteiger partial charge in [-0.25, -0.2) is 13.4 Å². The summed E-state index contributed by atoms with van der Waals surface area (Å²) in [6, 6.07) is 2.81. The number of piperazine rings is 1. The van der Waals surface area contributed by atoms with Crippen molar-refractivity contribution in [1.29, 1.82) is 0 Å². The summed E-state index contributed by atoms with van der Waals surface area (Å²) in [4.78, 5) is 3.97. The van der Waals surface area contributed by atoms with Gasteiger partial charge in [0.05, 0.1) is 6.04 Å². The molecule has 5 nitrogen and oxygen atoms in total. The first-order valence-corrected chi connectivity index (χ1v) is 7.63. The van der Waals surface area contributed by atoms with E-state index in [0.717, 1.165) is 0 Å². The van der Waals surface area contributed by atoms with E-state index >= 15 is 0 Å². The van der Waals surface area contributed by atoms with E-state index in [1.54, 1.807) is 6.92 Å². The monoisotopic (exact) mass is 299 g/mol. The first-order valence-electron chi connectivity index (χ1n) is 5.81. The molecule has 2 rings (SSSR count). The van der Waals surface area contributed by atoms with Crippen LogP contribution in [0.25, 0.3) is 0 Å². The summed E-state index contributed by atoms with van der Waals surface area (Å²) in [5.41, 5.74) is 0. The molecule has 0 unspecified atom stereocenters. The van der Waals surface area contributed by atoms with Crippen molar-refractivity contribution in [2.75, 3.05) is 19.6 Å².